The van der Waals surface area contributed by atoms with Gasteiger partial charge in [0.2, 0.25) is 35.4 Å². The lowest BCUT2D eigenvalue weighted by Gasteiger charge is -2.32. The Morgan fingerprint density at radius 1 is 0.602 bits per heavy atom. The van der Waals surface area contributed by atoms with Gasteiger partial charge in [-0.3, -0.25) is 42.7 Å². The molecule has 556 valence electrons. The molecular weight excluding hydrogens is 1360 g/mol. The number of phenolic OH excluding ortho intramolecular Hbond substituents is 1. The summed E-state index contributed by atoms with van der Waals surface area (Å²) in [6.45, 7) is 8.46. The summed E-state index contributed by atoms with van der Waals surface area (Å²) in [7, 11) is -8.04. The molecule has 3 aliphatic rings. The van der Waals surface area contributed by atoms with Gasteiger partial charge in [0.15, 0.2) is 0 Å². The minimum absolute atomic E-state index is 0.0136. The van der Waals surface area contributed by atoms with Crippen LogP contribution < -0.4 is 42.8 Å². The number of unbranched alkanes of at least 4 members (excludes halogenated alkanes) is 6. The standard InChI is InChI=1S/C62H83N9O10.2C7H8O3S/c1-3-4-5-6-7-10-37-81-49-31-27-45(28-32-49)43-21-19-42(20-22-43)44-23-25-46(26-24-44)56(74)66-50-14-11-35-65-59(77)54-38-47(64)39-71(54)61(79)52(13-8-9-34-63)68-57(75)51(33-18-41-16-29-48(73)30-17-41)67-60(78)53-15-12-36-70(53)62(80)55(40(2)72)69-58(50)76;2*1-6-2-4-7(5-3-6)11(8,9)10/h16-17,19-32,40,47,50-55,72-73H,3-15,18,33-39,63-64H2,1-2H3,(H,65,77)(H,66,74)(H,67,78)(H,68,75)(H,69,76);2*2-5H,1H3,(H,8,9,10)/t40-,47+,50+,51+,52+,53+,54+,55+;;/m1../s1. The summed E-state index contributed by atoms with van der Waals surface area (Å²) in [5.41, 5.74) is 19.0. The van der Waals surface area contributed by atoms with Gasteiger partial charge in [-0.1, -0.05) is 135 Å². The van der Waals surface area contributed by atoms with E-state index in [-0.39, 0.29) is 85.7 Å². The zero-order valence-corrected chi connectivity index (χ0v) is 60.5. The van der Waals surface area contributed by atoms with Crippen LogP contribution in [-0.4, -0.2) is 168 Å². The number of amides is 7. The Kier molecular flexibility index (Phi) is 31.2. The quantitative estimate of drug-likeness (QED) is 0.0232. The van der Waals surface area contributed by atoms with Crippen molar-refractivity contribution >= 4 is 61.6 Å². The van der Waals surface area contributed by atoms with Gasteiger partial charge >= 0.3 is 0 Å². The van der Waals surface area contributed by atoms with E-state index in [0.717, 1.165) is 51.1 Å². The number of aromatic hydroxyl groups is 1. The molecule has 0 unspecified atom stereocenters. The molecule has 103 heavy (non-hydrogen) atoms. The summed E-state index contributed by atoms with van der Waals surface area (Å²) in [5, 5.41) is 35.1. The zero-order valence-electron chi connectivity index (χ0n) is 58.9. The molecule has 0 bridgehead atoms. The van der Waals surface area contributed by atoms with E-state index in [1.807, 2.05) is 74.5 Å². The Balaban J connectivity index is 0.000000571. The lowest BCUT2D eigenvalue weighted by atomic mass is 9.99. The average Bonchev–Trinajstić information content (AvgIpc) is 1.68. The van der Waals surface area contributed by atoms with Crippen LogP contribution in [0.5, 0.6) is 11.5 Å². The summed E-state index contributed by atoms with van der Waals surface area (Å²) in [5.74, 6) is -3.54. The van der Waals surface area contributed by atoms with Gasteiger partial charge in [-0.05, 0) is 186 Å². The molecule has 3 aliphatic heterocycles. The highest BCUT2D eigenvalue weighted by Crippen LogP contribution is 2.29. The number of phenols is 1. The summed E-state index contributed by atoms with van der Waals surface area (Å²) in [6.07, 6.45) is 8.25. The predicted octanol–water partition coefficient (Wildman–Crippen LogP) is 7.47. The van der Waals surface area contributed by atoms with Crippen molar-refractivity contribution in [3.63, 3.8) is 0 Å². The second-order valence-electron chi connectivity index (χ2n) is 26.4. The van der Waals surface area contributed by atoms with E-state index in [9.17, 15) is 60.6 Å². The molecule has 0 radical (unpaired) electrons. The maximum atomic E-state index is 14.5. The van der Waals surface area contributed by atoms with E-state index in [4.69, 9.17) is 25.3 Å². The maximum Gasteiger partial charge on any atom is 0.294 e. The fourth-order valence-corrected chi connectivity index (χ4v) is 13.2. The van der Waals surface area contributed by atoms with Crippen LogP contribution >= 0.6 is 0 Å². The minimum atomic E-state index is -4.02. The van der Waals surface area contributed by atoms with Gasteiger partial charge < -0.3 is 62.8 Å². The smallest absolute Gasteiger partial charge is 0.294 e. The van der Waals surface area contributed by atoms with Gasteiger partial charge in [0.1, 0.15) is 47.8 Å². The van der Waals surface area contributed by atoms with Crippen LogP contribution in [0.1, 0.15) is 137 Å². The summed E-state index contributed by atoms with van der Waals surface area (Å²) < 4.78 is 65.1. The van der Waals surface area contributed by atoms with Crippen molar-refractivity contribution in [3.8, 4) is 33.8 Å². The highest BCUT2D eigenvalue weighted by atomic mass is 32.2. The second kappa shape index (κ2) is 39.5. The fourth-order valence-electron chi connectivity index (χ4n) is 12.3. The summed E-state index contributed by atoms with van der Waals surface area (Å²) in [4.78, 5) is 103. The summed E-state index contributed by atoms with van der Waals surface area (Å²) in [6, 6.07) is 33.7. The first-order valence-electron chi connectivity index (χ1n) is 35.2. The molecule has 9 rings (SSSR count). The average molecular weight is 1460 g/mol. The maximum absolute atomic E-state index is 14.5. The van der Waals surface area contributed by atoms with Gasteiger partial charge in [-0.2, -0.15) is 16.8 Å². The molecule has 0 spiro atoms. The number of carbonyl (C=O) groups is 7. The second-order valence-corrected chi connectivity index (χ2v) is 29.2. The number of carbonyl (C=O) groups excluding carboxylic acids is 7. The highest BCUT2D eigenvalue weighted by Gasteiger charge is 2.44. The van der Waals surface area contributed by atoms with E-state index >= 15 is 0 Å². The number of ether oxygens (including phenoxy) is 1. The first kappa shape index (κ1) is 81.2. The van der Waals surface area contributed by atoms with Crippen LogP contribution in [0.4, 0.5) is 0 Å². The number of hydrogen-bond acceptors (Lipinski definition) is 16. The first-order valence-corrected chi connectivity index (χ1v) is 38.1. The zero-order chi connectivity index (χ0) is 74.8. The molecule has 3 heterocycles. The molecule has 27 heteroatoms. The van der Waals surface area contributed by atoms with Crippen LogP contribution in [-0.2, 0) is 55.4 Å². The van der Waals surface area contributed by atoms with Gasteiger partial charge in [0.25, 0.3) is 26.1 Å². The van der Waals surface area contributed by atoms with E-state index in [0.29, 0.717) is 32.4 Å². The van der Waals surface area contributed by atoms with Crippen molar-refractivity contribution in [2.24, 2.45) is 11.5 Å². The molecule has 0 saturated carbocycles. The van der Waals surface area contributed by atoms with Crippen LogP contribution in [0.2, 0.25) is 0 Å². The molecule has 6 aromatic rings. The number of nitrogens with zero attached hydrogens (tertiary/aromatic N) is 2. The largest absolute Gasteiger partial charge is 0.508 e. The Morgan fingerprint density at radius 2 is 1.15 bits per heavy atom. The number of nitrogens with one attached hydrogen (secondary N) is 5. The van der Waals surface area contributed by atoms with E-state index < -0.39 is 110 Å². The van der Waals surface area contributed by atoms with Gasteiger partial charge in [-0.15, -0.1) is 0 Å². The lowest BCUT2D eigenvalue weighted by molar-refractivity contribution is -0.144. The molecule has 0 aromatic heterocycles. The number of aliphatic hydroxyl groups excluding tert-OH is 1. The minimum Gasteiger partial charge on any atom is -0.508 e. The molecule has 8 atom stereocenters. The number of hydrogen-bond donors (Lipinski definition) is 11. The number of fused-ring (bicyclic) bond motifs is 2. The van der Waals surface area contributed by atoms with Gasteiger partial charge in [0, 0.05) is 31.2 Å². The molecule has 13 N–H and O–H groups in total. The first-order chi connectivity index (χ1) is 49.1. The molecule has 3 saturated heterocycles. The number of aryl methyl sites for hydroxylation is 3. The molecule has 0 aliphatic carbocycles. The number of benzene rings is 6. The molecule has 7 amide bonds. The number of aliphatic hydroxyl groups is 1. The lowest BCUT2D eigenvalue weighted by Crippen LogP contribution is -2.61. The normalized spacial score (nSPS) is 20.4. The monoisotopic (exact) mass is 1460 g/mol. The van der Waals surface area contributed by atoms with Crippen LogP contribution in [0, 0.1) is 13.8 Å². The Labute approximate surface area is 603 Å². The number of rotatable bonds is 22. The van der Waals surface area contributed by atoms with E-state index in [2.05, 4.69) is 33.5 Å². The van der Waals surface area contributed by atoms with Crippen LogP contribution in [0.15, 0.2) is 155 Å². The fraction of sp³-hybridized carbons (Fsp3) is 0.434. The van der Waals surface area contributed by atoms with Crippen molar-refractivity contribution in [2.45, 2.75) is 189 Å². The van der Waals surface area contributed by atoms with Crippen LogP contribution in [0.3, 0.4) is 0 Å². The van der Waals surface area contributed by atoms with Crippen molar-refractivity contribution in [3.05, 3.63) is 168 Å². The summed E-state index contributed by atoms with van der Waals surface area (Å²) >= 11 is 0. The molecular formula is C76H99N9O16S2. The van der Waals surface area contributed by atoms with Gasteiger partial charge in [-0.25, -0.2) is 0 Å². The van der Waals surface area contributed by atoms with Crippen LogP contribution in [0.25, 0.3) is 22.3 Å². The SMILES string of the molecule is CCCCCCCCOc1ccc(-c2ccc(-c3ccc(C(=O)N[C@H]4CCCNC(=O)[C@@H]5C[C@H](N)CN5C(=O)[C@H](CCCCN)NC(=O)[C@H](CCc5ccc(O)cc5)NC(=O)[C@@H]5CCCN5C(=O)[C@H]([C@@H](C)O)NC4=O)cc3)cc2)cc1.Cc1ccc(S(=O)(=O)O)cc1.Cc1ccc(S(=O)(=O)O)cc1. The Hall–Kier alpha value is -9.09. The van der Waals surface area contributed by atoms with Crippen molar-refractivity contribution in [1.29, 1.82) is 0 Å². The molecule has 3 fully saturated rings. The Bertz CT molecular complexity index is 3930. The van der Waals surface area contributed by atoms with Crippen molar-refractivity contribution < 1.29 is 74.5 Å². The predicted molar refractivity (Wildman–Crippen MR) is 391 cm³/mol. The Morgan fingerprint density at radius 3 is 1.70 bits per heavy atom. The third kappa shape index (κ3) is 25.1. The van der Waals surface area contributed by atoms with Crippen molar-refractivity contribution in [1.82, 2.24) is 36.4 Å². The molecule has 25 nitrogen and oxygen atoms in total. The van der Waals surface area contributed by atoms with E-state index in [1.54, 1.807) is 48.5 Å². The highest BCUT2D eigenvalue weighted by molar-refractivity contribution is 7.86. The van der Waals surface area contributed by atoms with E-state index in [1.165, 1.54) is 85.2 Å². The van der Waals surface area contributed by atoms with Crippen molar-refractivity contribution in [2.75, 3.05) is 32.8 Å². The third-order valence-corrected chi connectivity index (χ3v) is 19.9. The van der Waals surface area contributed by atoms with Gasteiger partial charge in [0.05, 0.1) is 22.5 Å². The number of nitrogens with two attached hydrogens (primary N) is 2. The topological polar surface area (TPSA) is 397 Å². The molecule has 6 aromatic carbocycles. The third-order valence-electron chi connectivity index (χ3n) is 18.2.